The van der Waals surface area contributed by atoms with Gasteiger partial charge in [-0.1, -0.05) is 17.2 Å². The summed E-state index contributed by atoms with van der Waals surface area (Å²) in [5, 5.41) is 8.16. The number of hydrogen-bond donors (Lipinski definition) is 1. The van der Waals surface area contributed by atoms with Crippen molar-refractivity contribution < 1.29 is 5.11 Å². The molecule has 0 heterocycles. The van der Waals surface area contributed by atoms with Crippen LogP contribution in [-0.4, -0.2) is 11.7 Å². The van der Waals surface area contributed by atoms with Crippen LogP contribution in [0.5, 0.6) is 0 Å². The predicted molar refractivity (Wildman–Crippen MR) is 47.0 cm³/mol. The predicted octanol–water partition coefficient (Wildman–Crippen LogP) is 2.53. The molecule has 0 aromatic carbocycles. The second-order valence-electron chi connectivity index (χ2n) is 2.67. The van der Waals surface area contributed by atoms with Crippen molar-refractivity contribution >= 4 is 0 Å². The van der Waals surface area contributed by atoms with Gasteiger partial charge in [0.1, 0.15) is 0 Å². The highest BCUT2D eigenvalue weighted by molar-refractivity contribution is 4.91. The van der Waals surface area contributed by atoms with Gasteiger partial charge in [-0.3, -0.25) is 0 Å². The van der Waals surface area contributed by atoms with Gasteiger partial charge in [0.2, 0.25) is 0 Å². The van der Waals surface area contributed by atoms with Crippen molar-refractivity contribution in [2.45, 2.75) is 27.7 Å². The molecule has 0 fully saturated rings. The van der Waals surface area contributed by atoms with E-state index in [1.165, 1.54) is 5.57 Å². The van der Waals surface area contributed by atoms with Crippen LogP contribution in [0.15, 0.2) is 23.8 Å². The topological polar surface area (TPSA) is 20.2 Å². The Bertz CT molecular complexity index is 104. The van der Waals surface area contributed by atoms with Crippen LogP contribution in [-0.2, 0) is 0 Å². The molecule has 1 heteroatoms. The number of aliphatic hydroxyl groups is 1. The summed E-state index contributed by atoms with van der Waals surface area (Å²) in [5.41, 5.74) is 2.33. The lowest BCUT2D eigenvalue weighted by Crippen LogP contribution is -1.71. The number of rotatable bonds is 1. The summed E-state index contributed by atoms with van der Waals surface area (Å²) >= 11 is 0. The minimum absolute atomic E-state index is 0.169. The molecule has 0 aliphatic rings. The molecule has 10 heavy (non-hydrogen) atoms. The number of hydrogen-bond acceptors (Lipinski definition) is 1. The average Bonchev–Trinajstić information content (AvgIpc) is 1.62. The Kier molecular flexibility index (Phi) is 10.3. The molecule has 0 atom stereocenters. The van der Waals surface area contributed by atoms with Gasteiger partial charge in [-0.15, -0.1) is 6.58 Å². The molecule has 0 spiro atoms. The Morgan fingerprint density at radius 1 is 1.30 bits per heavy atom. The smallest absolute Gasteiger partial charge is 0.0614 e. The largest absolute Gasteiger partial charge is 0.392 e. The third-order valence-corrected chi connectivity index (χ3v) is 0.500. The zero-order valence-electron chi connectivity index (χ0n) is 7.44. The van der Waals surface area contributed by atoms with Gasteiger partial charge in [0.05, 0.1) is 6.61 Å². The molecule has 0 aromatic rings. The van der Waals surface area contributed by atoms with Gasteiger partial charge in [-0.25, -0.2) is 0 Å². The van der Waals surface area contributed by atoms with Crippen LogP contribution in [0.3, 0.4) is 0 Å². The van der Waals surface area contributed by atoms with Crippen LogP contribution in [0.1, 0.15) is 27.7 Å². The summed E-state index contributed by atoms with van der Waals surface area (Å²) in [5.74, 6) is 0. The third-order valence-electron chi connectivity index (χ3n) is 0.500. The fraction of sp³-hybridized carbons (Fsp3) is 0.556. The highest BCUT2D eigenvalue weighted by Gasteiger charge is 1.68. The fourth-order valence-electron chi connectivity index (χ4n) is 0.183. The van der Waals surface area contributed by atoms with Crippen molar-refractivity contribution in [1.82, 2.24) is 0 Å². The third kappa shape index (κ3) is 51.8. The maximum Gasteiger partial charge on any atom is 0.0614 e. The Labute approximate surface area is 64.1 Å². The zero-order chi connectivity index (χ0) is 8.57. The molecular weight excluding hydrogens is 124 g/mol. The molecule has 0 saturated carbocycles. The molecule has 0 aliphatic carbocycles. The summed E-state index contributed by atoms with van der Waals surface area (Å²) in [6.45, 7) is 11.6. The van der Waals surface area contributed by atoms with Crippen LogP contribution >= 0.6 is 0 Å². The Hall–Kier alpha value is -0.560. The van der Waals surface area contributed by atoms with Crippen molar-refractivity contribution in [3.05, 3.63) is 23.8 Å². The summed E-state index contributed by atoms with van der Waals surface area (Å²) in [7, 11) is 0. The first-order chi connectivity index (χ1) is 4.50. The standard InChI is InChI=1S/C5H10O.C4H8/c1-5(2)3-4-6;1-4(2)3/h3,6H,4H2,1-2H3;1H2,2-3H3. The molecule has 1 N–H and O–H groups in total. The molecule has 60 valence electrons. The number of allylic oxidation sites excluding steroid dienone is 2. The second-order valence-corrected chi connectivity index (χ2v) is 2.67. The van der Waals surface area contributed by atoms with Gasteiger partial charge >= 0.3 is 0 Å². The van der Waals surface area contributed by atoms with E-state index >= 15 is 0 Å². The van der Waals surface area contributed by atoms with E-state index in [0.29, 0.717) is 0 Å². The van der Waals surface area contributed by atoms with Crippen LogP contribution in [0, 0.1) is 0 Å². The van der Waals surface area contributed by atoms with Crippen LogP contribution in [0.25, 0.3) is 0 Å². The molecule has 0 saturated heterocycles. The quantitative estimate of drug-likeness (QED) is 0.558. The van der Waals surface area contributed by atoms with Crippen molar-refractivity contribution in [3.63, 3.8) is 0 Å². The Morgan fingerprint density at radius 2 is 1.60 bits per heavy atom. The van der Waals surface area contributed by atoms with E-state index in [0.717, 1.165) is 5.57 Å². The first-order valence-electron chi connectivity index (χ1n) is 3.37. The van der Waals surface area contributed by atoms with Gasteiger partial charge in [-0.05, 0) is 27.7 Å². The lowest BCUT2D eigenvalue weighted by atomic mass is 10.3. The van der Waals surface area contributed by atoms with Crippen molar-refractivity contribution in [3.8, 4) is 0 Å². The molecular formula is C9H18O. The maximum absolute atomic E-state index is 8.16. The zero-order valence-corrected chi connectivity index (χ0v) is 7.44. The van der Waals surface area contributed by atoms with E-state index in [1.54, 1.807) is 6.08 Å². The fourth-order valence-corrected chi connectivity index (χ4v) is 0.183. The van der Waals surface area contributed by atoms with E-state index < -0.39 is 0 Å². The van der Waals surface area contributed by atoms with E-state index in [4.69, 9.17) is 5.11 Å². The van der Waals surface area contributed by atoms with Gasteiger partial charge in [0.15, 0.2) is 0 Å². The first-order valence-corrected chi connectivity index (χ1v) is 3.37. The highest BCUT2D eigenvalue weighted by Crippen LogP contribution is 1.83. The molecule has 0 aliphatic heterocycles. The van der Waals surface area contributed by atoms with Crippen molar-refractivity contribution in [2.75, 3.05) is 6.61 Å². The van der Waals surface area contributed by atoms with Crippen LogP contribution < -0.4 is 0 Å². The van der Waals surface area contributed by atoms with E-state index in [9.17, 15) is 0 Å². The van der Waals surface area contributed by atoms with Gasteiger partial charge < -0.3 is 5.11 Å². The monoisotopic (exact) mass is 142 g/mol. The number of aliphatic hydroxyl groups excluding tert-OH is 1. The summed E-state index contributed by atoms with van der Waals surface area (Å²) in [6, 6.07) is 0. The molecule has 0 amide bonds. The molecule has 0 bridgehead atoms. The van der Waals surface area contributed by atoms with E-state index in [-0.39, 0.29) is 6.61 Å². The van der Waals surface area contributed by atoms with Gasteiger partial charge in [-0.2, -0.15) is 0 Å². The summed E-state index contributed by atoms with van der Waals surface area (Å²) < 4.78 is 0. The van der Waals surface area contributed by atoms with Crippen LogP contribution in [0.4, 0.5) is 0 Å². The Balaban J connectivity index is 0. The lowest BCUT2D eigenvalue weighted by molar-refractivity contribution is 0.342. The van der Waals surface area contributed by atoms with E-state index in [1.807, 2.05) is 27.7 Å². The molecule has 0 unspecified atom stereocenters. The first kappa shape index (κ1) is 12.1. The van der Waals surface area contributed by atoms with Crippen molar-refractivity contribution in [1.29, 1.82) is 0 Å². The highest BCUT2D eigenvalue weighted by atomic mass is 16.2. The van der Waals surface area contributed by atoms with E-state index in [2.05, 4.69) is 6.58 Å². The van der Waals surface area contributed by atoms with Gasteiger partial charge in [0.25, 0.3) is 0 Å². The summed E-state index contributed by atoms with van der Waals surface area (Å²) in [6.07, 6.45) is 1.76. The summed E-state index contributed by atoms with van der Waals surface area (Å²) in [4.78, 5) is 0. The van der Waals surface area contributed by atoms with Gasteiger partial charge in [0, 0.05) is 0 Å². The SMILES string of the molecule is C=C(C)C.CC(C)=CCO. The minimum Gasteiger partial charge on any atom is -0.392 e. The second kappa shape index (κ2) is 8.44. The van der Waals surface area contributed by atoms with Crippen molar-refractivity contribution in [2.24, 2.45) is 0 Å². The average molecular weight is 142 g/mol. The normalized spacial score (nSPS) is 7.30. The maximum atomic E-state index is 8.16. The molecule has 0 aromatic heterocycles. The lowest BCUT2D eigenvalue weighted by Gasteiger charge is -1.80. The van der Waals surface area contributed by atoms with Crippen LogP contribution in [0.2, 0.25) is 0 Å². The minimum atomic E-state index is 0.169. The Morgan fingerprint density at radius 3 is 1.60 bits per heavy atom. The molecule has 0 rings (SSSR count). The molecule has 0 radical (unpaired) electrons. The molecule has 1 nitrogen and oxygen atoms in total.